The van der Waals surface area contributed by atoms with Crippen molar-refractivity contribution in [3.8, 4) is 0 Å². The summed E-state index contributed by atoms with van der Waals surface area (Å²) in [5.74, 6) is -2.54. The third-order valence-corrected chi connectivity index (χ3v) is 12.8. The maximum Gasteiger partial charge on any atom is 0.265 e. The van der Waals surface area contributed by atoms with Gasteiger partial charge in [0.1, 0.15) is 0 Å². The number of carbonyl (C=O) groups excluding carboxylic acids is 4. The van der Waals surface area contributed by atoms with Crippen molar-refractivity contribution in [1.29, 1.82) is 0 Å². The topological polar surface area (TPSA) is 150 Å². The predicted octanol–water partition coefficient (Wildman–Crippen LogP) is 4.58. The summed E-state index contributed by atoms with van der Waals surface area (Å²) >= 11 is 0. The summed E-state index contributed by atoms with van der Waals surface area (Å²) in [6.07, 6.45) is 16.2. The number of rotatable bonds is 4. The zero-order valence-electron chi connectivity index (χ0n) is 29.3. The van der Waals surface area contributed by atoms with Crippen molar-refractivity contribution in [2.75, 3.05) is 12.5 Å². The highest BCUT2D eigenvalue weighted by Crippen LogP contribution is 2.48. The third kappa shape index (κ3) is 5.14. The average Bonchev–Trinajstić information content (AvgIpc) is 3.72. The van der Waals surface area contributed by atoms with Crippen molar-refractivity contribution in [3.63, 3.8) is 0 Å². The lowest BCUT2D eigenvalue weighted by molar-refractivity contribution is 0.0674. The Kier molecular flexibility index (Phi) is 7.82. The molecule has 12 nitrogen and oxygen atoms in total. The van der Waals surface area contributed by atoms with Crippen molar-refractivity contribution >= 4 is 43.7 Å². The van der Waals surface area contributed by atoms with Crippen molar-refractivity contribution in [1.82, 2.24) is 18.4 Å². The fourth-order valence-electron chi connectivity index (χ4n) is 7.80. The van der Waals surface area contributed by atoms with Crippen LogP contribution >= 0.6 is 0 Å². The standard InChI is InChI=1S/2C19H18N2O4S/c2*1-12-8-9-19(2)15(10-12)16(11-20(19)26(3,24)25)21-17(22)13-6-4-5-7-14(13)18(21)23/h2*4-11,15H,1-3H3/t2*15-,19-/m00/s1. The monoisotopic (exact) mass is 740 g/mol. The highest BCUT2D eigenvalue weighted by Gasteiger charge is 2.54. The van der Waals surface area contributed by atoms with Crippen LogP contribution in [-0.2, 0) is 20.0 Å². The van der Waals surface area contributed by atoms with E-state index < -0.39 is 66.6 Å². The van der Waals surface area contributed by atoms with Crippen LogP contribution in [-0.4, -0.2) is 82.5 Å². The van der Waals surface area contributed by atoms with Gasteiger partial charge in [-0.15, -0.1) is 0 Å². The van der Waals surface area contributed by atoms with Crippen molar-refractivity contribution in [2.24, 2.45) is 11.8 Å². The van der Waals surface area contributed by atoms with Gasteiger partial charge in [-0.1, -0.05) is 71.9 Å². The van der Waals surface area contributed by atoms with Crippen LogP contribution in [0.2, 0.25) is 0 Å². The molecular weight excluding hydrogens is 705 g/mol. The Morgan fingerprint density at radius 1 is 0.538 bits per heavy atom. The molecular formula is C38H36N4O8S2. The van der Waals surface area contributed by atoms with E-state index in [1.165, 1.54) is 21.0 Å². The minimum atomic E-state index is -3.59. The van der Waals surface area contributed by atoms with E-state index in [1.54, 1.807) is 62.4 Å². The van der Waals surface area contributed by atoms with Crippen LogP contribution < -0.4 is 0 Å². The molecule has 0 unspecified atom stereocenters. The lowest BCUT2D eigenvalue weighted by atomic mass is 9.80. The molecule has 2 aromatic carbocycles. The number of allylic oxidation sites excluding steroid dienone is 4. The Labute approximate surface area is 302 Å². The largest absolute Gasteiger partial charge is 0.268 e. The number of fused-ring (bicyclic) bond motifs is 4. The molecule has 268 valence electrons. The highest BCUT2D eigenvalue weighted by molar-refractivity contribution is 7.88. The molecule has 2 aromatic rings. The second kappa shape index (κ2) is 11.6. The van der Waals surface area contributed by atoms with Crippen LogP contribution in [0, 0.1) is 11.8 Å². The Morgan fingerprint density at radius 2 is 0.827 bits per heavy atom. The molecule has 4 amide bonds. The minimum absolute atomic E-state index is 0.338. The number of hydrogen-bond acceptors (Lipinski definition) is 8. The van der Waals surface area contributed by atoms with Gasteiger partial charge in [-0.3, -0.25) is 27.8 Å². The molecule has 2 aliphatic carbocycles. The van der Waals surface area contributed by atoms with Gasteiger partial charge in [-0.2, -0.15) is 0 Å². The molecule has 0 bridgehead atoms. The molecule has 4 heterocycles. The van der Waals surface area contributed by atoms with Gasteiger partial charge in [0.2, 0.25) is 20.0 Å². The van der Waals surface area contributed by atoms with Gasteiger partial charge in [0, 0.05) is 24.2 Å². The summed E-state index contributed by atoms with van der Waals surface area (Å²) < 4.78 is 51.9. The van der Waals surface area contributed by atoms with E-state index in [9.17, 15) is 36.0 Å². The van der Waals surface area contributed by atoms with Gasteiger partial charge in [-0.05, 0) is 52.0 Å². The van der Waals surface area contributed by atoms with Crippen LogP contribution in [0.1, 0.15) is 69.1 Å². The summed E-state index contributed by atoms with van der Waals surface area (Å²) in [6.45, 7) is 7.39. The first-order valence-corrected chi connectivity index (χ1v) is 20.1. The molecule has 0 aromatic heterocycles. The van der Waals surface area contributed by atoms with Crippen LogP contribution in [0.4, 0.5) is 0 Å². The predicted molar refractivity (Wildman–Crippen MR) is 193 cm³/mol. The fourth-order valence-corrected chi connectivity index (χ4v) is 10.2. The first-order valence-electron chi connectivity index (χ1n) is 16.4. The molecule has 52 heavy (non-hydrogen) atoms. The molecule has 4 aliphatic heterocycles. The Bertz CT molecular complexity index is 2200. The summed E-state index contributed by atoms with van der Waals surface area (Å²) in [4.78, 5) is 53.7. The Balaban J connectivity index is 0.000000162. The molecule has 8 rings (SSSR count). The van der Waals surface area contributed by atoms with Gasteiger partial charge >= 0.3 is 0 Å². The number of sulfonamides is 2. The van der Waals surface area contributed by atoms with E-state index >= 15 is 0 Å². The molecule has 0 spiro atoms. The first-order chi connectivity index (χ1) is 24.3. The van der Waals surface area contributed by atoms with E-state index in [0.717, 1.165) is 33.5 Å². The van der Waals surface area contributed by atoms with E-state index in [1.807, 2.05) is 50.3 Å². The third-order valence-electron chi connectivity index (χ3n) is 10.4. The first kappa shape index (κ1) is 35.1. The summed E-state index contributed by atoms with van der Waals surface area (Å²) in [5, 5.41) is 0. The van der Waals surface area contributed by atoms with Gasteiger partial charge < -0.3 is 0 Å². The summed E-state index contributed by atoms with van der Waals surface area (Å²) in [5.41, 5.74) is 2.23. The van der Waals surface area contributed by atoms with Gasteiger partial charge in [0.15, 0.2) is 0 Å². The van der Waals surface area contributed by atoms with Crippen molar-refractivity contribution in [2.45, 2.75) is 38.8 Å². The number of carbonyl (C=O) groups is 4. The molecule has 14 heteroatoms. The van der Waals surface area contributed by atoms with Crippen LogP contribution in [0.15, 0.2) is 120 Å². The van der Waals surface area contributed by atoms with Crippen molar-refractivity contribution in [3.05, 3.63) is 142 Å². The quantitative estimate of drug-likeness (QED) is 0.414. The van der Waals surface area contributed by atoms with E-state index in [2.05, 4.69) is 0 Å². The van der Waals surface area contributed by atoms with Gasteiger partial charge in [0.05, 0.1) is 57.2 Å². The lowest BCUT2D eigenvalue weighted by Crippen LogP contribution is -2.47. The molecule has 6 aliphatic rings. The van der Waals surface area contributed by atoms with Crippen LogP contribution in [0.5, 0.6) is 0 Å². The highest BCUT2D eigenvalue weighted by atomic mass is 32.2. The summed E-state index contributed by atoms with van der Waals surface area (Å²) in [6, 6.07) is 13.3. The van der Waals surface area contributed by atoms with Gasteiger partial charge in [-0.25, -0.2) is 26.6 Å². The second-order valence-corrected chi connectivity index (χ2v) is 17.8. The average molecular weight is 741 g/mol. The Morgan fingerprint density at radius 3 is 1.10 bits per heavy atom. The van der Waals surface area contributed by atoms with E-state index in [-0.39, 0.29) is 0 Å². The zero-order chi connectivity index (χ0) is 37.7. The fraction of sp³-hybridized carbons (Fsp3) is 0.263. The van der Waals surface area contributed by atoms with Crippen LogP contribution in [0.3, 0.4) is 0 Å². The van der Waals surface area contributed by atoms with Crippen LogP contribution in [0.25, 0.3) is 0 Å². The number of amides is 4. The maximum atomic E-state index is 12.9. The SMILES string of the molecule is CC1=C[C@H]2C(N3C(=O)c4ccccc4C3=O)=CN(S(C)(=O)=O)[C@@]2(C)C=C1.CC1=C[C@H]2C(N3C(=O)c4ccccc4C3=O)=CN(S(C)(=O)=O)[C@@]2(C)C=C1. The summed E-state index contributed by atoms with van der Waals surface area (Å²) in [7, 11) is -7.17. The number of imide groups is 2. The molecule has 0 N–H and O–H groups in total. The minimum Gasteiger partial charge on any atom is -0.268 e. The molecule has 4 atom stereocenters. The molecule has 0 fully saturated rings. The second-order valence-electron chi connectivity index (χ2n) is 14.1. The van der Waals surface area contributed by atoms with E-state index in [4.69, 9.17) is 0 Å². The Hall–Kier alpha value is -5.34. The van der Waals surface area contributed by atoms with Crippen molar-refractivity contribution < 1.29 is 36.0 Å². The molecule has 0 radical (unpaired) electrons. The van der Waals surface area contributed by atoms with E-state index in [0.29, 0.717) is 33.6 Å². The lowest BCUT2D eigenvalue weighted by Gasteiger charge is -2.38. The van der Waals surface area contributed by atoms with Gasteiger partial charge in [0.25, 0.3) is 23.6 Å². The molecule has 0 saturated heterocycles. The smallest absolute Gasteiger partial charge is 0.265 e. The normalized spacial score (nSPS) is 27.4. The zero-order valence-corrected chi connectivity index (χ0v) is 30.9. The molecule has 0 saturated carbocycles. The maximum absolute atomic E-state index is 12.9. The number of nitrogens with zero attached hydrogens (tertiary/aromatic N) is 4. The number of hydrogen-bond donors (Lipinski definition) is 0. The number of benzene rings is 2.